The molecule has 1 amide bonds. The van der Waals surface area contributed by atoms with Crippen LogP contribution in [0, 0.1) is 5.92 Å². The van der Waals surface area contributed by atoms with Gasteiger partial charge in [-0.3, -0.25) is 4.79 Å². The van der Waals surface area contributed by atoms with Gasteiger partial charge in [0.15, 0.2) is 0 Å². The molecule has 6 heteroatoms. The molecule has 2 unspecified atom stereocenters. The van der Waals surface area contributed by atoms with Crippen LogP contribution in [0.15, 0.2) is 24.3 Å². The van der Waals surface area contributed by atoms with Gasteiger partial charge < -0.3 is 10.2 Å². The quantitative estimate of drug-likeness (QED) is 0.900. The third-order valence-electron chi connectivity index (χ3n) is 4.41. The summed E-state index contributed by atoms with van der Waals surface area (Å²) in [6, 6.07) is 5.51. The second-order valence-electron chi connectivity index (χ2n) is 6.24. The summed E-state index contributed by atoms with van der Waals surface area (Å²) in [4.78, 5) is 14.1. The van der Waals surface area contributed by atoms with Crippen LogP contribution in [-0.4, -0.2) is 37.5 Å². The van der Waals surface area contributed by atoms with Crippen LogP contribution in [0.2, 0.25) is 0 Å². The number of halogens is 3. The molecule has 1 aliphatic heterocycles. The molecule has 1 N–H and O–H groups in total. The Kier molecular flexibility index (Phi) is 5.68. The van der Waals surface area contributed by atoms with E-state index in [-0.39, 0.29) is 17.9 Å². The molecule has 1 aromatic carbocycles. The standard InChI is InChI=1S/C17H23F3N2O/c1-12(14-5-3-4-6-15(14)17(18,19)20)9-16(23)22-8-7-13(11-22)10-21-2/h3-6,12-13,21H,7-11H2,1-2H3. The van der Waals surface area contributed by atoms with E-state index in [1.165, 1.54) is 12.1 Å². The van der Waals surface area contributed by atoms with Crippen molar-refractivity contribution in [1.82, 2.24) is 10.2 Å². The molecule has 0 aliphatic carbocycles. The normalized spacial score (nSPS) is 19.9. The molecule has 1 fully saturated rings. The molecule has 0 radical (unpaired) electrons. The fraction of sp³-hybridized carbons (Fsp3) is 0.588. The molecule has 1 saturated heterocycles. The third kappa shape index (κ3) is 4.47. The van der Waals surface area contributed by atoms with E-state index in [0.717, 1.165) is 19.0 Å². The van der Waals surface area contributed by atoms with Crippen LogP contribution in [0.25, 0.3) is 0 Å². The van der Waals surface area contributed by atoms with Crippen molar-refractivity contribution in [1.29, 1.82) is 0 Å². The number of amides is 1. The predicted molar refractivity (Wildman–Crippen MR) is 83.1 cm³/mol. The Hall–Kier alpha value is -1.56. The summed E-state index contributed by atoms with van der Waals surface area (Å²) >= 11 is 0. The van der Waals surface area contributed by atoms with E-state index < -0.39 is 17.7 Å². The van der Waals surface area contributed by atoms with Crippen molar-refractivity contribution in [3.05, 3.63) is 35.4 Å². The van der Waals surface area contributed by atoms with Gasteiger partial charge in [0.05, 0.1) is 5.56 Å². The van der Waals surface area contributed by atoms with Crippen LogP contribution in [0.5, 0.6) is 0 Å². The Balaban J connectivity index is 2.03. The van der Waals surface area contributed by atoms with Gasteiger partial charge in [0, 0.05) is 19.5 Å². The van der Waals surface area contributed by atoms with Gasteiger partial charge in [-0.25, -0.2) is 0 Å². The number of carbonyl (C=O) groups excluding carboxylic acids is 1. The molecule has 0 spiro atoms. The second kappa shape index (κ2) is 7.34. The summed E-state index contributed by atoms with van der Waals surface area (Å²) in [5.41, 5.74) is -0.450. The summed E-state index contributed by atoms with van der Waals surface area (Å²) < 4.78 is 39.2. The molecular formula is C17H23F3N2O. The summed E-state index contributed by atoms with van der Waals surface area (Å²) in [6.45, 7) is 3.92. The fourth-order valence-corrected chi connectivity index (χ4v) is 3.20. The molecule has 128 valence electrons. The smallest absolute Gasteiger partial charge is 0.342 e. The number of likely N-dealkylation sites (tertiary alicyclic amines) is 1. The minimum atomic E-state index is -4.39. The van der Waals surface area contributed by atoms with Gasteiger partial charge in [-0.1, -0.05) is 25.1 Å². The Bertz CT molecular complexity index is 545. The number of carbonyl (C=O) groups is 1. The van der Waals surface area contributed by atoms with E-state index in [1.807, 2.05) is 7.05 Å². The van der Waals surface area contributed by atoms with Gasteiger partial charge in [-0.2, -0.15) is 13.2 Å². The first-order valence-corrected chi connectivity index (χ1v) is 7.91. The maximum atomic E-state index is 13.1. The van der Waals surface area contributed by atoms with Crippen molar-refractivity contribution in [2.24, 2.45) is 5.92 Å². The number of benzene rings is 1. The average Bonchev–Trinajstić information content (AvgIpc) is 2.95. The molecule has 2 atom stereocenters. The van der Waals surface area contributed by atoms with Crippen molar-refractivity contribution >= 4 is 5.91 Å². The zero-order valence-electron chi connectivity index (χ0n) is 13.5. The highest BCUT2D eigenvalue weighted by Crippen LogP contribution is 2.36. The highest BCUT2D eigenvalue weighted by atomic mass is 19.4. The van der Waals surface area contributed by atoms with Crippen LogP contribution in [0.4, 0.5) is 13.2 Å². The number of alkyl halides is 3. The Morgan fingerprint density at radius 1 is 1.39 bits per heavy atom. The maximum absolute atomic E-state index is 13.1. The molecule has 0 saturated carbocycles. The van der Waals surface area contributed by atoms with Gasteiger partial charge in [0.25, 0.3) is 0 Å². The van der Waals surface area contributed by atoms with Crippen molar-refractivity contribution in [2.45, 2.75) is 31.9 Å². The molecule has 1 aromatic rings. The number of hydrogen-bond donors (Lipinski definition) is 1. The van der Waals surface area contributed by atoms with Crippen LogP contribution in [-0.2, 0) is 11.0 Å². The second-order valence-corrected chi connectivity index (χ2v) is 6.24. The molecule has 3 nitrogen and oxygen atoms in total. The molecule has 1 aliphatic rings. The van der Waals surface area contributed by atoms with E-state index in [2.05, 4.69) is 5.32 Å². The predicted octanol–water partition coefficient (Wildman–Crippen LogP) is 3.27. The number of nitrogens with zero attached hydrogens (tertiary/aromatic N) is 1. The molecule has 0 aromatic heterocycles. The average molecular weight is 328 g/mol. The van der Waals surface area contributed by atoms with E-state index in [0.29, 0.717) is 19.0 Å². The first-order valence-electron chi connectivity index (χ1n) is 7.91. The maximum Gasteiger partial charge on any atom is 0.416 e. The molecule has 0 bridgehead atoms. The van der Waals surface area contributed by atoms with E-state index in [9.17, 15) is 18.0 Å². The van der Waals surface area contributed by atoms with E-state index >= 15 is 0 Å². The van der Waals surface area contributed by atoms with Gasteiger partial charge >= 0.3 is 6.18 Å². The monoisotopic (exact) mass is 328 g/mol. The van der Waals surface area contributed by atoms with E-state index in [1.54, 1.807) is 17.9 Å². The SMILES string of the molecule is CNCC1CCN(C(=O)CC(C)c2ccccc2C(F)(F)F)C1. The Labute approximate surface area is 134 Å². The first kappa shape index (κ1) is 17.8. The highest BCUT2D eigenvalue weighted by Gasteiger charge is 2.35. The van der Waals surface area contributed by atoms with Crippen molar-refractivity contribution in [3.8, 4) is 0 Å². The lowest BCUT2D eigenvalue weighted by molar-refractivity contribution is -0.139. The van der Waals surface area contributed by atoms with Crippen LogP contribution in [0.3, 0.4) is 0 Å². The Morgan fingerprint density at radius 3 is 2.74 bits per heavy atom. The molecule has 23 heavy (non-hydrogen) atoms. The van der Waals surface area contributed by atoms with Gasteiger partial charge in [0.1, 0.15) is 0 Å². The number of hydrogen-bond acceptors (Lipinski definition) is 2. The minimum Gasteiger partial charge on any atom is -0.342 e. The zero-order chi connectivity index (χ0) is 17.0. The lowest BCUT2D eigenvalue weighted by Gasteiger charge is -2.21. The zero-order valence-corrected chi connectivity index (χ0v) is 13.5. The van der Waals surface area contributed by atoms with Crippen molar-refractivity contribution in [3.63, 3.8) is 0 Å². The summed E-state index contributed by atoms with van der Waals surface area (Å²) in [7, 11) is 1.88. The third-order valence-corrected chi connectivity index (χ3v) is 4.41. The van der Waals surface area contributed by atoms with Gasteiger partial charge in [-0.15, -0.1) is 0 Å². The van der Waals surface area contributed by atoms with Gasteiger partial charge in [0.2, 0.25) is 5.91 Å². The topological polar surface area (TPSA) is 32.3 Å². The highest BCUT2D eigenvalue weighted by molar-refractivity contribution is 5.77. The van der Waals surface area contributed by atoms with Crippen molar-refractivity contribution < 1.29 is 18.0 Å². The number of rotatable bonds is 5. The lowest BCUT2D eigenvalue weighted by atomic mass is 9.92. The first-order chi connectivity index (χ1) is 10.8. The van der Waals surface area contributed by atoms with Crippen LogP contribution >= 0.6 is 0 Å². The van der Waals surface area contributed by atoms with Crippen LogP contribution < -0.4 is 5.32 Å². The van der Waals surface area contributed by atoms with Crippen LogP contribution in [0.1, 0.15) is 36.8 Å². The molecule has 1 heterocycles. The minimum absolute atomic E-state index is 0.0620. The Morgan fingerprint density at radius 2 is 2.09 bits per heavy atom. The largest absolute Gasteiger partial charge is 0.416 e. The van der Waals surface area contributed by atoms with Gasteiger partial charge in [-0.05, 0) is 43.5 Å². The summed E-state index contributed by atoms with van der Waals surface area (Å²) in [5, 5.41) is 3.10. The number of nitrogens with one attached hydrogen (secondary N) is 1. The lowest BCUT2D eigenvalue weighted by Crippen LogP contribution is -2.31. The van der Waals surface area contributed by atoms with Crippen molar-refractivity contribution in [2.75, 3.05) is 26.7 Å². The van der Waals surface area contributed by atoms with E-state index in [4.69, 9.17) is 0 Å². The fourth-order valence-electron chi connectivity index (χ4n) is 3.20. The summed E-state index contributed by atoms with van der Waals surface area (Å²) in [6.07, 6.45) is -3.33. The molecular weight excluding hydrogens is 305 g/mol. The molecule has 2 rings (SSSR count). The summed E-state index contributed by atoms with van der Waals surface area (Å²) in [5.74, 6) is -0.0847.